The van der Waals surface area contributed by atoms with E-state index in [1.807, 2.05) is 0 Å². The first kappa shape index (κ1) is 11.8. The Hall–Kier alpha value is -2.24. The monoisotopic (exact) mass is 223 g/mol. The van der Waals surface area contributed by atoms with Crippen LogP contribution in [0.1, 0.15) is 27.6 Å². The molecule has 6 nitrogen and oxygen atoms in total. The highest BCUT2D eigenvalue weighted by Crippen LogP contribution is 2.29. The molecule has 0 radical (unpaired) electrons. The second kappa shape index (κ2) is 5.01. The van der Waals surface area contributed by atoms with Crippen LogP contribution in [-0.2, 0) is 0 Å². The number of aldehydes is 2. The number of nitrogens with zero attached hydrogens (tertiary/aromatic N) is 1. The summed E-state index contributed by atoms with van der Waals surface area (Å²) in [5.74, 6) is -0.0137. The minimum atomic E-state index is -0.660. The molecule has 0 heterocycles. The molecule has 84 valence electrons. The molecule has 16 heavy (non-hydrogen) atoms. The van der Waals surface area contributed by atoms with Crippen LogP contribution in [0.2, 0.25) is 0 Å². The van der Waals surface area contributed by atoms with Crippen molar-refractivity contribution in [3.05, 3.63) is 33.4 Å². The van der Waals surface area contributed by atoms with E-state index in [1.54, 1.807) is 6.92 Å². The van der Waals surface area contributed by atoms with Crippen molar-refractivity contribution in [1.82, 2.24) is 0 Å². The van der Waals surface area contributed by atoms with Crippen molar-refractivity contribution in [3.63, 3.8) is 0 Å². The van der Waals surface area contributed by atoms with Crippen LogP contribution in [0.4, 0.5) is 5.69 Å². The number of nitro benzene ring substituents is 1. The maximum atomic E-state index is 10.7. The number of hydrogen-bond acceptors (Lipinski definition) is 5. The summed E-state index contributed by atoms with van der Waals surface area (Å²) in [5.41, 5.74) is -0.274. The van der Waals surface area contributed by atoms with Crippen LogP contribution in [0.15, 0.2) is 12.1 Å². The highest BCUT2D eigenvalue weighted by Gasteiger charge is 2.18. The third-order valence-corrected chi connectivity index (χ3v) is 1.92. The summed E-state index contributed by atoms with van der Waals surface area (Å²) in [6.45, 7) is 1.90. The summed E-state index contributed by atoms with van der Waals surface area (Å²) >= 11 is 0. The van der Waals surface area contributed by atoms with E-state index in [-0.39, 0.29) is 29.2 Å². The molecule has 1 aromatic carbocycles. The van der Waals surface area contributed by atoms with Crippen molar-refractivity contribution in [1.29, 1.82) is 0 Å². The van der Waals surface area contributed by atoms with Gasteiger partial charge in [0.25, 0.3) is 0 Å². The molecule has 6 heteroatoms. The maximum absolute atomic E-state index is 10.7. The minimum Gasteiger partial charge on any atom is -0.487 e. The van der Waals surface area contributed by atoms with Gasteiger partial charge in [0.2, 0.25) is 0 Å². The van der Waals surface area contributed by atoms with Gasteiger partial charge in [0.05, 0.1) is 11.5 Å². The van der Waals surface area contributed by atoms with Gasteiger partial charge in [-0.15, -0.1) is 0 Å². The number of hydrogen-bond donors (Lipinski definition) is 0. The maximum Gasteiger partial charge on any atom is 0.311 e. The van der Waals surface area contributed by atoms with Crippen LogP contribution in [0.5, 0.6) is 5.75 Å². The second-order valence-corrected chi connectivity index (χ2v) is 2.87. The van der Waals surface area contributed by atoms with E-state index in [4.69, 9.17) is 4.74 Å². The van der Waals surface area contributed by atoms with Gasteiger partial charge in [0.1, 0.15) is 0 Å². The highest BCUT2D eigenvalue weighted by molar-refractivity contribution is 5.92. The molecule has 0 atom stereocenters. The molecule has 0 aliphatic rings. The minimum absolute atomic E-state index is 0.0137. The normalized spacial score (nSPS) is 9.56. The van der Waals surface area contributed by atoms with E-state index >= 15 is 0 Å². The molecular weight excluding hydrogens is 214 g/mol. The Balaban J connectivity index is 3.40. The summed E-state index contributed by atoms with van der Waals surface area (Å²) in [7, 11) is 0. The van der Waals surface area contributed by atoms with Gasteiger partial charge in [-0.1, -0.05) is 0 Å². The van der Waals surface area contributed by atoms with Crippen LogP contribution in [0, 0.1) is 10.1 Å². The molecule has 0 aliphatic carbocycles. The molecule has 0 unspecified atom stereocenters. The summed E-state index contributed by atoms with van der Waals surface area (Å²) < 4.78 is 5.02. The van der Waals surface area contributed by atoms with Crippen LogP contribution >= 0.6 is 0 Å². The topological polar surface area (TPSA) is 86.5 Å². The summed E-state index contributed by atoms with van der Waals surface area (Å²) in [5, 5.41) is 10.7. The number of nitro groups is 1. The van der Waals surface area contributed by atoms with Gasteiger partial charge in [-0.25, -0.2) is 0 Å². The van der Waals surface area contributed by atoms with Gasteiger partial charge < -0.3 is 4.74 Å². The lowest BCUT2D eigenvalue weighted by molar-refractivity contribution is -0.385. The van der Waals surface area contributed by atoms with Crippen molar-refractivity contribution in [2.75, 3.05) is 6.61 Å². The molecule has 0 aliphatic heterocycles. The Morgan fingerprint density at radius 1 is 1.31 bits per heavy atom. The molecule has 0 fully saturated rings. The Labute approximate surface area is 91.0 Å². The van der Waals surface area contributed by atoms with E-state index in [1.165, 1.54) is 6.07 Å². The second-order valence-electron chi connectivity index (χ2n) is 2.87. The van der Waals surface area contributed by atoms with E-state index in [0.717, 1.165) is 6.07 Å². The molecular formula is C10H9NO5. The number of carbonyl (C=O) groups is 2. The molecule has 0 N–H and O–H groups in total. The van der Waals surface area contributed by atoms with E-state index in [0.29, 0.717) is 12.6 Å². The molecule has 0 spiro atoms. The zero-order valence-corrected chi connectivity index (χ0v) is 8.50. The van der Waals surface area contributed by atoms with Crippen molar-refractivity contribution < 1.29 is 19.2 Å². The molecule has 0 amide bonds. The molecule has 1 rings (SSSR count). The lowest BCUT2D eigenvalue weighted by Crippen LogP contribution is -2.01. The van der Waals surface area contributed by atoms with Gasteiger partial charge >= 0.3 is 5.69 Å². The molecule has 0 saturated heterocycles. The third-order valence-electron chi connectivity index (χ3n) is 1.92. The Bertz CT molecular complexity index is 441. The zero-order chi connectivity index (χ0) is 12.1. The fraction of sp³-hybridized carbons (Fsp3) is 0.200. The third kappa shape index (κ3) is 2.22. The standard InChI is InChI=1S/C10H9NO5/c1-2-16-10-4-8(6-13)7(5-12)3-9(10)11(14)15/h3-6H,2H2,1H3. The Morgan fingerprint density at radius 2 is 1.88 bits per heavy atom. The SMILES string of the molecule is CCOc1cc(C=O)c(C=O)cc1[N+](=O)[O-]. The van der Waals surface area contributed by atoms with E-state index in [2.05, 4.69) is 0 Å². The fourth-order valence-electron chi connectivity index (χ4n) is 1.22. The average Bonchev–Trinajstić information content (AvgIpc) is 2.28. The van der Waals surface area contributed by atoms with Gasteiger partial charge in [-0.05, 0) is 13.0 Å². The molecule has 1 aromatic rings. The number of rotatable bonds is 5. The summed E-state index contributed by atoms with van der Waals surface area (Å²) in [6.07, 6.45) is 0.850. The van der Waals surface area contributed by atoms with Crippen molar-refractivity contribution in [2.45, 2.75) is 6.92 Å². The predicted octanol–water partition coefficient (Wildman–Crippen LogP) is 1.62. The zero-order valence-electron chi connectivity index (χ0n) is 8.50. The van der Waals surface area contributed by atoms with Crippen LogP contribution in [0.25, 0.3) is 0 Å². The Morgan fingerprint density at radius 3 is 2.31 bits per heavy atom. The number of carbonyl (C=O) groups excluding carboxylic acids is 2. The Kier molecular flexibility index (Phi) is 3.71. The fourth-order valence-corrected chi connectivity index (χ4v) is 1.22. The van der Waals surface area contributed by atoms with Crippen LogP contribution < -0.4 is 4.74 Å². The number of benzene rings is 1. The summed E-state index contributed by atoms with van der Waals surface area (Å²) in [6, 6.07) is 2.22. The first-order valence-corrected chi connectivity index (χ1v) is 4.49. The highest BCUT2D eigenvalue weighted by atomic mass is 16.6. The van der Waals surface area contributed by atoms with E-state index < -0.39 is 4.92 Å². The van der Waals surface area contributed by atoms with Gasteiger partial charge in [0, 0.05) is 17.2 Å². The first-order chi connectivity index (χ1) is 7.63. The van der Waals surface area contributed by atoms with E-state index in [9.17, 15) is 19.7 Å². The van der Waals surface area contributed by atoms with Crippen LogP contribution in [0.3, 0.4) is 0 Å². The molecule has 0 aromatic heterocycles. The van der Waals surface area contributed by atoms with Crippen molar-refractivity contribution in [2.24, 2.45) is 0 Å². The van der Waals surface area contributed by atoms with Gasteiger partial charge in [0.15, 0.2) is 18.3 Å². The predicted molar refractivity (Wildman–Crippen MR) is 55.0 cm³/mol. The smallest absolute Gasteiger partial charge is 0.311 e. The van der Waals surface area contributed by atoms with Gasteiger partial charge in [-0.2, -0.15) is 0 Å². The quantitative estimate of drug-likeness (QED) is 0.430. The number of ether oxygens (including phenoxy) is 1. The van der Waals surface area contributed by atoms with Crippen molar-refractivity contribution >= 4 is 18.3 Å². The first-order valence-electron chi connectivity index (χ1n) is 4.49. The molecule has 0 bridgehead atoms. The lowest BCUT2D eigenvalue weighted by Gasteiger charge is -2.05. The van der Waals surface area contributed by atoms with Crippen molar-refractivity contribution in [3.8, 4) is 5.75 Å². The lowest BCUT2D eigenvalue weighted by atomic mass is 10.1. The summed E-state index contributed by atoms with van der Waals surface area (Å²) in [4.78, 5) is 31.3. The van der Waals surface area contributed by atoms with Crippen LogP contribution in [-0.4, -0.2) is 24.1 Å². The van der Waals surface area contributed by atoms with Gasteiger partial charge in [-0.3, -0.25) is 19.7 Å². The largest absolute Gasteiger partial charge is 0.487 e. The molecule has 0 saturated carbocycles. The average molecular weight is 223 g/mol.